The summed E-state index contributed by atoms with van der Waals surface area (Å²) in [7, 11) is 0. The zero-order chi connectivity index (χ0) is 30.6. The number of carbonyl (C=O) groups excluding carboxylic acids is 2. The number of amides is 1. The molecule has 1 fully saturated rings. The van der Waals surface area contributed by atoms with Crippen molar-refractivity contribution in [2.75, 3.05) is 11.4 Å². The maximum atomic E-state index is 13.5. The van der Waals surface area contributed by atoms with E-state index in [4.69, 9.17) is 14.7 Å². The number of rotatable bonds is 9. The topological polar surface area (TPSA) is 77.3 Å². The molecular weight excluding hydrogens is 536 g/mol. The van der Waals surface area contributed by atoms with Gasteiger partial charge in [-0.3, -0.25) is 9.69 Å². The average molecular weight is 581 g/mol. The largest absolute Gasteiger partial charge is 0.456 e. The second-order valence-corrected chi connectivity index (χ2v) is 12.5. The third-order valence-corrected chi connectivity index (χ3v) is 8.09. The Morgan fingerprint density at radius 3 is 2.33 bits per heavy atom. The van der Waals surface area contributed by atoms with Gasteiger partial charge in [0.05, 0.1) is 12.1 Å². The molecule has 2 aromatic heterocycles. The Labute approximate surface area is 255 Å². The van der Waals surface area contributed by atoms with Crippen LogP contribution < -0.4 is 4.90 Å². The number of aryl methyl sites for hydroxylation is 1. The Bertz CT molecular complexity index is 1580. The van der Waals surface area contributed by atoms with Crippen molar-refractivity contribution < 1.29 is 14.3 Å². The van der Waals surface area contributed by atoms with Crippen molar-refractivity contribution in [1.29, 1.82) is 0 Å². The second-order valence-electron chi connectivity index (χ2n) is 12.5. The molecule has 7 nitrogen and oxygen atoms in total. The van der Waals surface area contributed by atoms with E-state index in [-0.39, 0.29) is 17.8 Å². The van der Waals surface area contributed by atoms with E-state index in [1.54, 1.807) is 0 Å². The van der Waals surface area contributed by atoms with E-state index in [1.807, 2.05) is 69.0 Å². The molecule has 0 N–H and O–H groups in total. The van der Waals surface area contributed by atoms with Crippen LogP contribution >= 0.6 is 0 Å². The second kappa shape index (κ2) is 13.1. The molecule has 2 aromatic carbocycles. The maximum absolute atomic E-state index is 13.5. The van der Waals surface area contributed by atoms with Crippen LogP contribution in [0.25, 0.3) is 22.3 Å². The Balaban J connectivity index is 1.44. The fourth-order valence-electron chi connectivity index (χ4n) is 5.99. The highest BCUT2D eigenvalue weighted by Gasteiger charge is 2.27. The summed E-state index contributed by atoms with van der Waals surface area (Å²) in [6.45, 7) is 11.0. The Morgan fingerprint density at radius 1 is 0.930 bits per heavy atom. The summed E-state index contributed by atoms with van der Waals surface area (Å²) >= 11 is 0. The highest BCUT2D eigenvalue weighted by atomic mass is 16.6. The van der Waals surface area contributed by atoms with Gasteiger partial charge in [-0.1, -0.05) is 68.7 Å². The fourth-order valence-corrected chi connectivity index (χ4v) is 5.99. The van der Waals surface area contributed by atoms with Gasteiger partial charge in [-0.05, 0) is 81.8 Å². The van der Waals surface area contributed by atoms with Crippen LogP contribution in [0.5, 0.6) is 0 Å². The summed E-state index contributed by atoms with van der Waals surface area (Å²) in [6, 6.07) is 19.8. The average Bonchev–Trinajstić information content (AvgIpc) is 3.33. The van der Waals surface area contributed by atoms with Crippen LogP contribution in [0.4, 0.5) is 5.82 Å². The number of esters is 1. The lowest BCUT2D eigenvalue weighted by atomic mass is 9.88. The zero-order valence-electron chi connectivity index (χ0n) is 26.2. The number of ether oxygens (including phenoxy) is 1. The Kier molecular flexibility index (Phi) is 9.28. The summed E-state index contributed by atoms with van der Waals surface area (Å²) in [5.41, 5.74) is 4.53. The number of imidazole rings is 1. The van der Waals surface area contributed by atoms with Crippen molar-refractivity contribution in [3.05, 3.63) is 77.6 Å². The zero-order valence-corrected chi connectivity index (χ0v) is 26.2. The van der Waals surface area contributed by atoms with E-state index in [2.05, 4.69) is 35.8 Å². The summed E-state index contributed by atoms with van der Waals surface area (Å²) in [4.78, 5) is 38.2. The van der Waals surface area contributed by atoms with E-state index >= 15 is 0 Å². The van der Waals surface area contributed by atoms with Gasteiger partial charge in [-0.25, -0.2) is 14.8 Å². The van der Waals surface area contributed by atoms with Gasteiger partial charge in [0, 0.05) is 18.9 Å². The van der Waals surface area contributed by atoms with Gasteiger partial charge in [0.15, 0.2) is 5.65 Å². The standard InChI is InChI=1S/C36H44N4O3/c1-6-13-31-37-30-22-23-32(39(7-2)34(41)27-14-9-8-10-15-27)38-33(30)40(31)24-25-18-20-26(21-19-25)28-16-11-12-17-29(28)35(42)43-36(3,4)5/h11-12,16-23,27H,6-10,13-15,24H2,1-5H3. The molecule has 226 valence electrons. The number of hydrogen-bond acceptors (Lipinski definition) is 5. The number of pyridine rings is 1. The first-order valence-electron chi connectivity index (χ1n) is 15.8. The molecule has 4 aromatic rings. The Morgan fingerprint density at radius 2 is 1.65 bits per heavy atom. The SMILES string of the molecule is CCCc1nc2ccc(N(CC)C(=O)C3CCCCC3)nc2n1Cc1ccc(-c2ccccc2C(=O)OC(C)(C)C)cc1. The first-order chi connectivity index (χ1) is 20.7. The van der Waals surface area contributed by atoms with E-state index < -0.39 is 5.60 Å². The number of aromatic nitrogens is 3. The van der Waals surface area contributed by atoms with E-state index in [0.717, 1.165) is 72.2 Å². The van der Waals surface area contributed by atoms with Gasteiger partial charge < -0.3 is 9.30 Å². The van der Waals surface area contributed by atoms with Gasteiger partial charge in [0.1, 0.15) is 22.8 Å². The monoisotopic (exact) mass is 580 g/mol. The summed E-state index contributed by atoms with van der Waals surface area (Å²) in [5, 5.41) is 0. The lowest BCUT2D eigenvalue weighted by Crippen LogP contribution is -2.37. The molecule has 5 rings (SSSR count). The molecule has 0 atom stereocenters. The molecular formula is C36H44N4O3. The number of benzene rings is 2. The highest BCUT2D eigenvalue weighted by molar-refractivity contribution is 5.97. The molecule has 2 heterocycles. The first kappa shape index (κ1) is 30.5. The number of hydrogen-bond donors (Lipinski definition) is 0. The van der Waals surface area contributed by atoms with E-state index in [1.165, 1.54) is 6.42 Å². The quantitative estimate of drug-likeness (QED) is 0.188. The molecule has 0 saturated heterocycles. The predicted molar refractivity (Wildman–Crippen MR) is 172 cm³/mol. The maximum Gasteiger partial charge on any atom is 0.339 e. The van der Waals surface area contributed by atoms with Crippen LogP contribution in [0.2, 0.25) is 0 Å². The number of anilines is 1. The van der Waals surface area contributed by atoms with Gasteiger partial charge in [-0.15, -0.1) is 0 Å². The van der Waals surface area contributed by atoms with Gasteiger partial charge >= 0.3 is 5.97 Å². The molecule has 0 radical (unpaired) electrons. The highest BCUT2D eigenvalue weighted by Crippen LogP contribution is 2.29. The number of nitrogens with zero attached hydrogens (tertiary/aromatic N) is 4. The van der Waals surface area contributed by atoms with E-state index in [9.17, 15) is 9.59 Å². The Hall–Kier alpha value is -4.00. The molecule has 1 saturated carbocycles. The molecule has 1 amide bonds. The van der Waals surface area contributed by atoms with Crippen LogP contribution in [-0.2, 0) is 22.5 Å². The molecule has 1 aliphatic carbocycles. The minimum absolute atomic E-state index is 0.0886. The van der Waals surface area contributed by atoms with Crippen LogP contribution in [0.15, 0.2) is 60.7 Å². The van der Waals surface area contributed by atoms with Crippen molar-refractivity contribution in [3.63, 3.8) is 0 Å². The number of fused-ring (bicyclic) bond motifs is 1. The molecule has 0 spiro atoms. The summed E-state index contributed by atoms with van der Waals surface area (Å²) < 4.78 is 7.85. The van der Waals surface area contributed by atoms with Gasteiger partial charge in [0.25, 0.3) is 0 Å². The molecule has 1 aliphatic rings. The normalized spacial score (nSPS) is 14.2. The molecule has 7 heteroatoms. The van der Waals surface area contributed by atoms with Crippen LogP contribution in [-0.4, -0.2) is 38.6 Å². The third-order valence-electron chi connectivity index (χ3n) is 8.09. The molecule has 0 unspecified atom stereocenters. The summed E-state index contributed by atoms with van der Waals surface area (Å²) in [6.07, 6.45) is 7.21. The van der Waals surface area contributed by atoms with Crippen LogP contribution in [0, 0.1) is 5.92 Å². The lowest BCUT2D eigenvalue weighted by Gasteiger charge is -2.27. The van der Waals surface area contributed by atoms with E-state index in [0.29, 0.717) is 24.5 Å². The van der Waals surface area contributed by atoms with Crippen molar-refractivity contribution in [2.24, 2.45) is 5.92 Å². The molecule has 0 aliphatic heterocycles. The number of carbonyl (C=O) groups is 2. The fraction of sp³-hybridized carbons (Fsp3) is 0.444. The third kappa shape index (κ3) is 6.98. The van der Waals surface area contributed by atoms with Crippen molar-refractivity contribution in [1.82, 2.24) is 14.5 Å². The van der Waals surface area contributed by atoms with Crippen molar-refractivity contribution in [2.45, 2.75) is 91.7 Å². The minimum Gasteiger partial charge on any atom is -0.456 e. The first-order valence-corrected chi connectivity index (χ1v) is 15.8. The molecule has 0 bridgehead atoms. The minimum atomic E-state index is -0.566. The molecule has 43 heavy (non-hydrogen) atoms. The van der Waals surface area contributed by atoms with Crippen LogP contribution in [0.1, 0.15) is 94.9 Å². The lowest BCUT2D eigenvalue weighted by molar-refractivity contribution is -0.123. The van der Waals surface area contributed by atoms with Crippen molar-refractivity contribution in [3.8, 4) is 11.1 Å². The smallest absolute Gasteiger partial charge is 0.339 e. The van der Waals surface area contributed by atoms with Crippen molar-refractivity contribution >= 4 is 28.9 Å². The van der Waals surface area contributed by atoms with Crippen LogP contribution in [0.3, 0.4) is 0 Å². The van der Waals surface area contributed by atoms with Gasteiger partial charge in [0.2, 0.25) is 5.91 Å². The summed E-state index contributed by atoms with van der Waals surface area (Å²) in [5.74, 6) is 1.64. The van der Waals surface area contributed by atoms with Gasteiger partial charge in [-0.2, -0.15) is 0 Å². The predicted octanol–water partition coefficient (Wildman–Crippen LogP) is 7.99.